The molecule has 0 fully saturated rings. The van der Waals surface area contributed by atoms with E-state index in [1.807, 2.05) is 42.5 Å². The largest absolute Gasteiger partial charge is 0.497 e. The van der Waals surface area contributed by atoms with Gasteiger partial charge in [0.1, 0.15) is 30.5 Å². The quantitative estimate of drug-likeness (QED) is 0.295. The summed E-state index contributed by atoms with van der Waals surface area (Å²) in [7, 11) is 1.66. The first-order valence-electron chi connectivity index (χ1n) is 12.9. The van der Waals surface area contributed by atoms with Crippen LogP contribution in [0.4, 0.5) is 14.9 Å². The summed E-state index contributed by atoms with van der Waals surface area (Å²) in [5, 5.41) is 3.32. The third-order valence-corrected chi connectivity index (χ3v) is 6.46. The fourth-order valence-corrected chi connectivity index (χ4v) is 4.43. The van der Waals surface area contributed by atoms with E-state index in [1.54, 1.807) is 18.1 Å². The van der Waals surface area contributed by atoms with Gasteiger partial charge in [0.05, 0.1) is 19.3 Å². The molecule has 1 amide bonds. The Kier molecular flexibility index (Phi) is 9.63. The van der Waals surface area contributed by atoms with Crippen LogP contribution in [0.1, 0.15) is 36.0 Å². The lowest BCUT2D eigenvalue weighted by molar-refractivity contribution is 0.0897. The van der Waals surface area contributed by atoms with Crippen molar-refractivity contribution in [3.63, 3.8) is 0 Å². The molecule has 6 nitrogen and oxygen atoms in total. The topological polar surface area (TPSA) is 60.0 Å². The summed E-state index contributed by atoms with van der Waals surface area (Å²) < 4.78 is 30.9. The van der Waals surface area contributed by atoms with Crippen LogP contribution in [0.25, 0.3) is 0 Å². The molecule has 0 aliphatic carbocycles. The van der Waals surface area contributed by atoms with Gasteiger partial charge in [-0.25, -0.2) is 9.18 Å². The van der Waals surface area contributed by atoms with Crippen molar-refractivity contribution in [2.75, 3.05) is 38.7 Å². The number of halogens is 1. The SMILES string of the molecule is COc1ccc(CCCCN(CCOc2cc(F)cc3c2NCCC3)C(=O)OCc2ccccc2)cc1. The van der Waals surface area contributed by atoms with Crippen molar-refractivity contribution in [3.05, 3.63) is 89.2 Å². The average Bonchev–Trinajstić information content (AvgIpc) is 2.93. The zero-order valence-electron chi connectivity index (χ0n) is 21.4. The summed E-state index contributed by atoms with van der Waals surface area (Å²) >= 11 is 0. The second-order valence-corrected chi connectivity index (χ2v) is 9.15. The van der Waals surface area contributed by atoms with E-state index in [9.17, 15) is 9.18 Å². The van der Waals surface area contributed by atoms with E-state index in [1.165, 1.54) is 11.6 Å². The Morgan fingerprint density at radius 1 is 1.00 bits per heavy atom. The van der Waals surface area contributed by atoms with Gasteiger partial charge in [0.15, 0.2) is 0 Å². The van der Waals surface area contributed by atoms with E-state index < -0.39 is 0 Å². The smallest absolute Gasteiger partial charge is 0.410 e. The Bertz CT molecular complexity index is 1140. The minimum absolute atomic E-state index is 0.213. The van der Waals surface area contributed by atoms with Gasteiger partial charge in [0, 0.05) is 19.2 Å². The molecular formula is C30H35FN2O4. The number of ether oxygens (including phenoxy) is 3. The molecule has 0 spiro atoms. The van der Waals surface area contributed by atoms with Crippen LogP contribution < -0.4 is 14.8 Å². The van der Waals surface area contributed by atoms with Gasteiger partial charge in [-0.3, -0.25) is 0 Å². The third kappa shape index (κ3) is 7.87. The number of unbranched alkanes of at least 4 members (excludes halogenated alkanes) is 1. The van der Waals surface area contributed by atoms with Gasteiger partial charge in [-0.15, -0.1) is 0 Å². The van der Waals surface area contributed by atoms with Crippen LogP contribution in [0, 0.1) is 5.82 Å². The average molecular weight is 507 g/mol. The number of methoxy groups -OCH3 is 1. The van der Waals surface area contributed by atoms with Crippen LogP contribution in [0.15, 0.2) is 66.7 Å². The van der Waals surface area contributed by atoms with Gasteiger partial charge in [-0.05, 0) is 67.0 Å². The molecule has 1 aliphatic rings. The Morgan fingerprint density at radius 2 is 1.81 bits per heavy atom. The number of nitrogens with zero attached hydrogens (tertiary/aromatic N) is 1. The van der Waals surface area contributed by atoms with E-state index in [0.717, 1.165) is 61.2 Å². The number of rotatable bonds is 12. The first kappa shape index (κ1) is 26.3. The number of carbonyl (C=O) groups excluding carboxylic acids is 1. The molecule has 37 heavy (non-hydrogen) atoms. The van der Waals surface area contributed by atoms with Crippen molar-refractivity contribution in [1.82, 2.24) is 4.90 Å². The van der Waals surface area contributed by atoms with Crippen LogP contribution in [-0.4, -0.2) is 44.3 Å². The number of carbonyl (C=O) groups is 1. The van der Waals surface area contributed by atoms with E-state index in [0.29, 0.717) is 18.8 Å². The monoisotopic (exact) mass is 506 g/mol. The normalized spacial score (nSPS) is 12.3. The molecule has 1 heterocycles. The maximum absolute atomic E-state index is 14.1. The molecule has 0 radical (unpaired) electrons. The Balaban J connectivity index is 1.32. The molecule has 1 N–H and O–H groups in total. The summed E-state index contributed by atoms with van der Waals surface area (Å²) in [6.45, 7) is 2.19. The van der Waals surface area contributed by atoms with E-state index in [-0.39, 0.29) is 25.1 Å². The van der Waals surface area contributed by atoms with Crippen LogP contribution in [0.3, 0.4) is 0 Å². The molecule has 0 saturated carbocycles. The summed E-state index contributed by atoms with van der Waals surface area (Å²) in [4.78, 5) is 14.6. The second kappa shape index (κ2) is 13.5. The molecule has 3 aromatic carbocycles. The number of aryl methyl sites for hydroxylation is 2. The predicted molar refractivity (Wildman–Crippen MR) is 143 cm³/mol. The number of nitrogens with one attached hydrogen (secondary N) is 1. The fourth-order valence-electron chi connectivity index (χ4n) is 4.43. The number of amides is 1. The molecular weight excluding hydrogens is 471 g/mol. The van der Waals surface area contributed by atoms with Crippen molar-refractivity contribution >= 4 is 11.8 Å². The van der Waals surface area contributed by atoms with E-state index in [4.69, 9.17) is 14.2 Å². The molecule has 4 rings (SSSR count). The van der Waals surface area contributed by atoms with Gasteiger partial charge in [-0.1, -0.05) is 42.5 Å². The summed E-state index contributed by atoms with van der Waals surface area (Å²) in [6, 6.07) is 20.6. The van der Waals surface area contributed by atoms with Crippen LogP contribution in [0.5, 0.6) is 11.5 Å². The predicted octanol–water partition coefficient (Wildman–Crippen LogP) is 6.23. The van der Waals surface area contributed by atoms with Gasteiger partial charge in [0.2, 0.25) is 0 Å². The van der Waals surface area contributed by atoms with Gasteiger partial charge >= 0.3 is 6.09 Å². The van der Waals surface area contributed by atoms with Crippen molar-refractivity contribution < 1.29 is 23.4 Å². The zero-order chi connectivity index (χ0) is 25.9. The van der Waals surface area contributed by atoms with Crippen LogP contribution in [-0.2, 0) is 24.2 Å². The first-order chi connectivity index (χ1) is 18.1. The van der Waals surface area contributed by atoms with Crippen molar-refractivity contribution in [3.8, 4) is 11.5 Å². The van der Waals surface area contributed by atoms with Crippen molar-refractivity contribution in [2.24, 2.45) is 0 Å². The molecule has 7 heteroatoms. The minimum atomic E-state index is -0.378. The number of fused-ring (bicyclic) bond motifs is 1. The summed E-state index contributed by atoms with van der Waals surface area (Å²) in [5.74, 6) is 1.02. The number of benzene rings is 3. The molecule has 3 aromatic rings. The zero-order valence-corrected chi connectivity index (χ0v) is 21.4. The Labute approximate surface area is 218 Å². The Hall–Kier alpha value is -3.74. The summed E-state index contributed by atoms with van der Waals surface area (Å²) in [6.07, 6.45) is 4.07. The minimum Gasteiger partial charge on any atom is -0.497 e. The van der Waals surface area contributed by atoms with E-state index >= 15 is 0 Å². The molecule has 0 saturated heterocycles. The lowest BCUT2D eigenvalue weighted by Gasteiger charge is -2.24. The Morgan fingerprint density at radius 3 is 2.59 bits per heavy atom. The number of hydrogen-bond acceptors (Lipinski definition) is 5. The highest BCUT2D eigenvalue weighted by Gasteiger charge is 2.18. The highest BCUT2D eigenvalue weighted by molar-refractivity contribution is 5.67. The second-order valence-electron chi connectivity index (χ2n) is 9.15. The molecule has 0 unspecified atom stereocenters. The first-order valence-corrected chi connectivity index (χ1v) is 12.9. The van der Waals surface area contributed by atoms with Crippen molar-refractivity contribution in [1.29, 1.82) is 0 Å². The summed E-state index contributed by atoms with van der Waals surface area (Å²) in [5.41, 5.74) is 3.94. The number of anilines is 1. The lowest BCUT2D eigenvalue weighted by atomic mass is 10.0. The van der Waals surface area contributed by atoms with Crippen LogP contribution in [0.2, 0.25) is 0 Å². The number of hydrogen-bond donors (Lipinski definition) is 1. The maximum Gasteiger partial charge on any atom is 0.410 e. The molecule has 0 atom stereocenters. The maximum atomic E-state index is 14.1. The third-order valence-electron chi connectivity index (χ3n) is 6.46. The highest BCUT2D eigenvalue weighted by Crippen LogP contribution is 2.33. The van der Waals surface area contributed by atoms with Crippen LogP contribution >= 0.6 is 0 Å². The lowest BCUT2D eigenvalue weighted by Crippen LogP contribution is -2.36. The standard InChI is InChI=1S/C30H35FN2O4/c1-35-27-14-12-23(13-15-27)8-5-6-17-33(30(34)37-22-24-9-3-2-4-10-24)18-19-36-28-21-26(31)20-25-11-7-16-32-29(25)28/h2-4,9-10,12-15,20-21,32H,5-8,11,16-19,22H2,1H3. The van der Waals surface area contributed by atoms with Gasteiger partial charge in [0.25, 0.3) is 0 Å². The fraction of sp³-hybridized carbons (Fsp3) is 0.367. The van der Waals surface area contributed by atoms with Gasteiger partial charge in [-0.2, -0.15) is 0 Å². The van der Waals surface area contributed by atoms with Crippen molar-refractivity contribution in [2.45, 2.75) is 38.7 Å². The van der Waals surface area contributed by atoms with Gasteiger partial charge < -0.3 is 24.4 Å². The molecule has 0 bridgehead atoms. The van der Waals surface area contributed by atoms with E-state index in [2.05, 4.69) is 17.4 Å². The molecule has 0 aromatic heterocycles. The molecule has 196 valence electrons. The highest BCUT2D eigenvalue weighted by atomic mass is 19.1. The molecule has 1 aliphatic heterocycles.